The van der Waals surface area contributed by atoms with Crippen molar-refractivity contribution in [3.05, 3.63) is 29.3 Å². The molecule has 120 valence electrons. The summed E-state index contributed by atoms with van der Waals surface area (Å²) in [7, 11) is 0. The molecule has 0 spiro atoms. The quantitative estimate of drug-likeness (QED) is 0.565. The van der Waals surface area contributed by atoms with Crippen LogP contribution in [0.25, 0.3) is 0 Å². The highest BCUT2D eigenvalue weighted by Gasteiger charge is 2.54. The molecule has 0 saturated heterocycles. The topological polar surface area (TPSA) is 29.5 Å². The van der Waals surface area contributed by atoms with E-state index in [0.717, 1.165) is 24.0 Å². The number of hydrogen-bond donors (Lipinski definition) is 1. The molecule has 3 aliphatic rings. The smallest absolute Gasteiger partial charge is 0.139 e. The number of benzene rings is 1. The van der Waals surface area contributed by atoms with Crippen molar-refractivity contribution in [2.75, 3.05) is 4.61 Å². The summed E-state index contributed by atoms with van der Waals surface area (Å²) in [6.07, 6.45) is 7.07. The van der Waals surface area contributed by atoms with Crippen LogP contribution in [0.1, 0.15) is 56.1 Å². The normalized spacial score (nSPS) is 39.8. The lowest BCUT2D eigenvalue weighted by molar-refractivity contribution is -0.0226. The minimum absolute atomic E-state index is 0.0701. The van der Waals surface area contributed by atoms with E-state index in [1.54, 1.807) is 5.56 Å². The lowest BCUT2D eigenvalue weighted by Gasteiger charge is -2.50. The molecule has 2 fully saturated rings. The molecule has 0 heterocycles. The Morgan fingerprint density at radius 2 is 2.14 bits per heavy atom. The fourth-order valence-corrected chi connectivity index (χ4v) is 6.04. The van der Waals surface area contributed by atoms with Gasteiger partial charge in [0.25, 0.3) is 0 Å². The predicted molar refractivity (Wildman–Crippen MR) is 96.6 cm³/mol. The van der Waals surface area contributed by atoms with Crippen molar-refractivity contribution in [1.82, 2.24) is 0 Å². The van der Waals surface area contributed by atoms with Crippen molar-refractivity contribution in [3.8, 4) is 5.75 Å². The van der Waals surface area contributed by atoms with Gasteiger partial charge in [-0.25, -0.2) is 0 Å². The van der Waals surface area contributed by atoms with E-state index in [2.05, 4.69) is 47.7 Å². The van der Waals surface area contributed by atoms with Crippen molar-refractivity contribution in [3.63, 3.8) is 0 Å². The first-order valence-electron chi connectivity index (χ1n) is 8.63. The maximum Gasteiger partial charge on any atom is 0.139 e. The predicted octanol–water partition coefficient (Wildman–Crippen LogP) is 4.67. The van der Waals surface area contributed by atoms with Crippen molar-refractivity contribution in [2.24, 2.45) is 17.3 Å². The maximum atomic E-state index is 10.4. The first-order valence-corrected chi connectivity index (χ1v) is 10.2. The molecule has 0 bridgehead atoms. The Hall–Kier alpha value is -0.290. The summed E-state index contributed by atoms with van der Waals surface area (Å²) in [5, 5.41) is 10.4. The number of aliphatic hydroxyl groups is 1. The number of fused-ring (bicyclic) bond motifs is 5. The highest BCUT2D eigenvalue weighted by molar-refractivity contribution is 14.1. The van der Waals surface area contributed by atoms with E-state index in [4.69, 9.17) is 4.74 Å². The Balaban J connectivity index is 1.64. The van der Waals surface area contributed by atoms with E-state index in [0.29, 0.717) is 10.5 Å². The van der Waals surface area contributed by atoms with Gasteiger partial charge in [-0.15, -0.1) is 0 Å². The molecular formula is C19H25IO2. The molecule has 4 rings (SSSR count). The van der Waals surface area contributed by atoms with Crippen molar-refractivity contribution in [1.29, 1.82) is 0 Å². The molecule has 5 atom stereocenters. The van der Waals surface area contributed by atoms with Gasteiger partial charge in [-0.2, -0.15) is 0 Å². The standard InChI is InChI=1S/C19H25IO2/c1-19-9-8-15-14-5-3-13(22-11-20)10-12(14)2-4-16(15)17(19)6-7-18(19)21/h3,5,10,15-18,21H,2,4,6-9,11H2,1H3/t15-,16-,17?,18+,19+/m1/s1. The average Bonchev–Trinajstić information content (AvgIpc) is 2.83. The fraction of sp³-hybridized carbons (Fsp3) is 0.684. The van der Waals surface area contributed by atoms with E-state index < -0.39 is 0 Å². The van der Waals surface area contributed by atoms with Crippen LogP contribution in [0, 0.1) is 17.3 Å². The Morgan fingerprint density at radius 3 is 2.95 bits per heavy atom. The Bertz CT molecular complexity index is 573. The lowest BCUT2D eigenvalue weighted by Crippen LogP contribution is -2.43. The van der Waals surface area contributed by atoms with E-state index >= 15 is 0 Å². The maximum absolute atomic E-state index is 10.4. The lowest BCUT2D eigenvalue weighted by atomic mass is 9.55. The van der Waals surface area contributed by atoms with Gasteiger partial charge in [0.05, 0.1) is 6.10 Å². The molecule has 1 unspecified atom stereocenters. The molecule has 2 nitrogen and oxygen atoms in total. The zero-order chi connectivity index (χ0) is 15.3. The van der Waals surface area contributed by atoms with Crippen LogP contribution < -0.4 is 4.74 Å². The number of hydrogen-bond acceptors (Lipinski definition) is 2. The summed E-state index contributed by atoms with van der Waals surface area (Å²) in [6, 6.07) is 6.74. The summed E-state index contributed by atoms with van der Waals surface area (Å²) in [6.45, 7) is 2.35. The van der Waals surface area contributed by atoms with Gasteiger partial charge in [-0.1, -0.05) is 13.0 Å². The molecule has 0 aliphatic heterocycles. The third-order valence-corrected chi connectivity index (χ3v) is 7.18. The summed E-state index contributed by atoms with van der Waals surface area (Å²) < 4.78 is 6.37. The van der Waals surface area contributed by atoms with Crippen LogP contribution in [0.5, 0.6) is 5.75 Å². The number of halogens is 1. The third kappa shape index (κ3) is 2.22. The molecule has 3 heteroatoms. The molecule has 1 aromatic carbocycles. The molecular weight excluding hydrogens is 387 g/mol. The van der Waals surface area contributed by atoms with Gasteiger partial charge in [-0.3, -0.25) is 0 Å². The second kappa shape index (κ2) is 5.66. The first kappa shape index (κ1) is 15.3. The number of ether oxygens (including phenoxy) is 1. The third-order valence-electron chi connectivity index (χ3n) is 6.87. The minimum atomic E-state index is -0.0701. The highest BCUT2D eigenvalue weighted by atomic mass is 127. The monoisotopic (exact) mass is 412 g/mol. The largest absolute Gasteiger partial charge is 0.483 e. The molecule has 0 aromatic heterocycles. The second-order valence-electron chi connectivity index (χ2n) is 7.67. The van der Waals surface area contributed by atoms with Gasteiger partial charge in [-0.05, 0) is 108 Å². The van der Waals surface area contributed by atoms with Gasteiger partial charge in [0.1, 0.15) is 10.4 Å². The number of alkyl halides is 1. The zero-order valence-corrected chi connectivity index (χ0v) is 15.4. The van der Waals surface area contributed by atoms with E-state index in [1.807, 2.05) is 0 Å². The van der Waals surface area contributed by atoms with E-state index in [1.165, 1.54) is 37.7 Å². The summed E-state index contributed by atoms with van der Waals surface area (Å²) in [4.78, 5) is 0. The van der Waals surface area contributed by atoms with Crippen LogP contribution in [0.3, 0.4) is 0 Å². The Labute approximate surface area is 146 Å². The summed E-state index contributed by atoms with van der Waals surface area (Å²) in [5.41, 5.74) is 3.26. The summed E-state index contributed by atoms with van der Waals surface area (Å²) in [5.74, 6) is 3.23. The van der Waals surface area contributed by atoms with Crippen LogP contribution in [0.4, 0.5) is 0 Å². The highest BCUT2D eigenvalue weighted by Crippen LogP contribution is 2.60. The number of rotatable bonds is 2. The molecule has 22 heavy (non-hydrogen) atoms. The molecule has 1 aromatic rings. The molecule has 1 N–H and O–H groups in total. The van der Waals surface area contributed by atoms with Crippen LogP contribution in [-0.2, 0) is 6.42 Å². The second-order valence-corrected chi connectivity index (χ2v) is 8.29. The Morgan fingerprint density at radius 1 is 1.27 bits per heavy atom. The van der Waals surface area contributed by atoms with Gasteiger partial charge < -0.3 is 9.84 Å². The molecule has 0 radical (unpaired) electrons. The molecule has 2 saturated carbocycles. The Kier molecular flexibility index (Phi) is 3.92. The van der Waals surface area contributed by atoms with E-state index in [9.17, 15) is 5.11 Å². The number of aryl methyl sites for hydroxylation is 1. The van der Waals surface area contributed by atoms with Gasteiger partial charge in [0, 0.05) is 0 Å². The van der Waals surface area contributed by atoms with Crippen LogP contribution in [-0.4, -0.2) is 15.8 Å². The van der Waals surface area contributed by atoms with Gasteiger partial charge in [0.15, 0.2) is 0 Å². The van der Waals surface area contributed by atoms with Crippen molar-refractivity contribution < 1.29 is 9.84 Å². The van der Waals surface area contributed by atoms with Crippen LogP contribution >= 0.6 is 22.6 Å². The van der Waals surface area contributed by atoms with Gasteiger partial charge >= 0.3 is 0 Å². The molecule has 0 amide bonds. The van der Waals surface area contributed by atoms with Gasteiger partial charge in [0.2, 0.25) is 0 Å². The fourth-order valence-electron chi connectivity index (χ4n) is 5.68. The molecule has 3 aliphatic carbocycles. The SMILES string of the molecule is C[C@]12CC[C@@H]3c4ccc(OCI)cc4CC[C@H]3C1CC[C@@H]2O. The first-order chi connectivity index (χ1) is 10.6. The van der Waals surface area contributed by atoms with Crippen molar-refractivity contribution in [2.45, 2.75) is 57.5 Å². The van der Waals surface area contributed by atoms with Crippen LogP contribution in [0.2, 0.25) is 0 Å². The van der Waals surface area contributed by atoms with Crippen molar-refractivity contribution >= 4 is 22.6 Å². The number of aliphatic hydroxyl groups excluding tert-OH is 1. The summed E-state index contributed by atoms with van der Waals surface area (Å²) >= 11 is 2.25. The van der Waals surface area contributed by atoms with Crippen LogP contribution in [0.15, 0.2) is 18.2 Å². The van der Waals surface area contributed by atoms with E-state index in [-0.39, 0.29) is 11.5 Å². The zero-order valence-electron chi connectivity index (χ0n) is 13.2. The minimum Gasteiger partial charge on any atom is -0.483 e. The average molecular weight is 412 g/mol.